The summed E-state index contributed by atoms with van der Waals surface area (Å²) in [6, 6.07) is 0.711. The highest BCUT2D eigenvalue weighted by Crippen LogP contribution is 2.20. The van der Waals surface area contributed by atoms with Crippen molar-refractivity contribution in [1.82, 2.24) is 10.2 Å². The van der Waals surface area contributed by atoms with Gasteiger partial charge in [-0.25, -0.2) is 0 Å². The lowest BCUT2D eigenvalue weighted by atomic mass is 9.90. The summed E-state index contributed by atoms with van der Waals surface area (Å²) in [6.07, 6.45) is 8.18. The van der Waals surface area contributed by atoms with E-state index in [-0.39, 0.29) is 0 Å². The number of hydrogen-bond acceptors (Lipinski definition) is 2. The van der Waals surface area contributed by atoms with Crippen molar-refractivity contribution < 1.29 is 0 Å². The zero-order chi connectivity index (χ0) is 14.1. The van der Waals surface area contributed by atoms with Gasteiger partial charge in [0.2, 0.25) is 0 Å². The van der Waals surface area contributed by atoms with E-state index in [2.05, 4.69) is 37.9 Å². The summed E-state index contributed by atoms with van der Waals surface area (Å²) >= 11 is 0. The van der Waals surface area contributed by atoms with E-state index < -0.39 is 0 Å². The SMILES string of the molecule is CCCN1CCC(C(C)NCCCCC(C)C)CC1. The van der Waals surface area contributed by atoms with Gasteiger partial charge in [0, 0.05) is 6.04 Å². The third kappa shape index (κ3) is 7.31. The third-order valence-corrected chi connectivity index (χ3v) is 4.55. The molecule has 1 atom stereocenters. The molecule has 1 unspecified atom stereocenters. The first kappa shape index (κ1) is 17.0. The predicted molar refractivity (Wildman–Crippen MR) is 85.6 cm³/mol. The van der Waals surface area contributed by atoms with E-state index in [0.29, 0.717) is 6.04 Å². The third-order valence-electron chi connectivity index (χ3n) is 4.55. The number of nitrogens with zero attached hydrogens (tertiary/aromatic N) is 1. The quantitative estimate of drug-likeness (QED) is 0.638. The van der Waals surface area contributed by atoms with Gasteiger partial charge in [-0.3, -0.25) is 0 Å². The Kier molecular flexibility index (Phi) is 8.72. The van der Waals surface area contributed by atoms with Crippen LogP contribution in [0, 0.1) is 11.8 Å². The molecule has 1 saturated heterocycles. The Bertz CT molecular complexity index is 207. The fourth-order valence-electron chi connectivity index (χ4n) is 3.17. The fourth-order valence-corrected chi connectivity index (χ4v) is 3.17. The monoisotopic (exact) mass is 268 g/mol. The first-order valence-electron chi connectivity index (χ1n) is 8.59. The summed E-state index contributed by atoms with van der Waals surface area (Å²) in [4.78, 5) is 2.63. The molecule has 1 rings (SSSR count). The maximum Gasteiger partial charge on any atom is 0.00679 e. The normalized spacial score (nSPS) is 20.1. The van der Waals surface area contributed by atoms with Gasteiger partial charge < -0.3 is 10.2 Å². The first-order chi connectivity index (χ1) is 9.13. The second kappa shape index (κ2) is 9.77. The summed E-state index contributed by atoms with van der Waals surface area (Å²) in [7, 11) is 0. The number of unbranched alkanes of at least 4 members (excludes halogenated alkanes) is 1. The molecule has 1 aliphatic rings. The molecule has 1 N–H and O–H groups in total. The Morgan fingerprint density at radius 3 is 2.37 bits per heavy atom. The highest BCUT2D eigenvalue weighted by molar-refractivity contribution is 4.79. The number of nitrogens with one attached hydrogen (secondary N) is 1. The zero-order valence-electron chi connectivity index (χ0n) is 13.8. The van der Waals surface area contributed by atoms with Crippen LogP contribution in [0.1, 0.15) is 66.2 Å². The van der Waals surface area contributed by atoms with Gasteiger partial charge in [-0.05, 0) is 70.6 Å². The van der Waals surface area contributed by atoms with E-state index in [0.717, 1.165) is 11.8 Å². The number of hydrogen-bond donors (Lipinski definition) is 1. The molecule has 0 saturated carbocycles. The predicted octanol–water partition coefficient (Wildman–Crippen LogP) is 3.91. The standard InChI is InChI=1S/C17H36N2/c1-5-12-19-13-9-17(10-14-19)16(4)18-11-7-6-8-15(2)3/h15-18H,5-14H2,1-4H3. The van der Waals surface area contributed by atoms with Crippen LogP contribution < -0.4 is 5.32 Å². The molecule has 0 aromatic carbocycles. The number of likely N-dealkylation sites (tertiary alicyclic amines) is 1. The van der Waals surface area contributed by atoms with Crippen molar-refractivity contribution in [3.8, 4) is 0 Å². The van der Waals surface area contributed by atoms with E-state index in [1.54, 1.807) is 0 Å². The summed E-state index contributed by atoms with van der Waals surface area (Å²) in [6.45, 7) is 14.5. The average Bonchev–Trinajstić information content (AvgIpc) is 2.39. The lowest BCUT2D eigenvalue weighted by Crippen LogP contribution is -2.42. The first-order valence-corrected chi connectivity index (χ1v) is 8.59. The van der Waals surface area contributed by atoms with Crippen molar-refractivity contribution in [2.45, 2.75) is 72.3 Å². The van der Waals surface area contributed by atoms with E-state index in [4.69, 9.17) is 0 Å². The Morgan fingerprint density at radius 1 is 1.11 bits per heavy atom. The van der Waals surface area contributed by atoms with Crippen molar-refractivity contribution in [2.75, 3.05) is 26.2 Å². The second-order valence-electron chi connectivity index (χ2n) is 6.81. The van der Waals surface area contributed by atoms with Crippen LogP contribution in [0.5, 0.6) is 0 Å². The van der Waals surface area contributed by atoms with Crippen LogP contribution in [-0.4, -0.2) is 37.1 Å². The Morgan fingerprint density at radius 2 is 1.79 bits per heavy atom. The van der Waals surface area contributed by atoms with Gasteiger partial charge in [0.1, 0.15) is 0 Å². The molecule has 1 fully saturated rings. The Labute approximate surface area is 121 Å². The molecule has 2 nitrogen and oxygen atoms in total. The minimum absolute atomic E-state index is 0.711. The molecule has 0 aromatic heterocycles. The molecule has 0 bridgehead atoms. The lowest BCUT2D eigenvalue weighted by molar-refractivity contribution is 0.162. The molecule has 0 radical (unpaired) electrons. The summed E-state index contributed by atoms with van der Waals surface area (Å²) < 4.78 is 0. The summed E-state index contributed by atoms with van der Waals surface area (Å²) in [5, 5.41) is 3.75. The zero-order valence-corrected chi connectivity index (χ0v) is 13.8. The molecular formula is C17H36N2. The Balaban J connectivity index is 2.05. The van der Waals surface area contributed by atoms with Crippen LogP contribution >= 0.6 is 0 Å². The molecular weight excluding hydrogens is 232 g/mol. The summed E-state index contributed by atoms with van der Waals surface area (Å²) in [5.41, 5.74) is 0. The van der Waals surface area contributed by atoms with Crippen molar-refractivity contribution in [1.29, 1.82) is 0 Å². The highest BCUT2D eigenvalue weighted by atomic mass is 15.1. The number of piperidine rings is 1. The smallest absolute Gasteiger partial charge is 0.00679 e. The van der Waals surface area contributed by atoms with Gasteiger partial charge in [0.05, 0.1) is 0 Å². The van der Waals surface area contributed by atoms with Crippen LogP contribution in [0.25, 0.3) is 0 Å². The van der Waals surface area contributed by atoms with E-state index >= 15 is 0 Å². The van der Waals surface area contributed by atoms with Crippen LogP contribution in [0.2, 0.25) is 0 Å². The molecule has 1 aliphatic heterocycles. The van der Waals surface area contributed by atoms with Crippen molar-refractivity contribution >= 4 is 0 Å². The van der Waals surface area contributed by atoms with Gasteiger partial charge in [-0.1, -0.05) is 33.6 Å². The minimum Gasteiger partial charge on any atom is -0.314 e. The maximum absolute atomic E-state index is 3.75. The summed E-state index contributed by atoms with van der Waals surface area (Å²) in [5.74, 6) is 1.76. The van der Waals surface area contributed by atoms with Gasteiger partial charge in [0.25, 0.3) is 0 Å². The molecule has 0 amide bonds. The van der Waals surface area contributed by atoms with Gasteiger partial charge in [-0.2, -0.15) is 0 Å². The van der Waals surface area contributed by atoms with E-state index in [1.165, 1.54) is 64.7 Å². The van der Waals surface area contributed by atoms with Crippen LogP contribution in [-0.2, 0) is 0 Å². The molecule has 2 heteroatoms. The molecule has 0 spiro atoms. The highest BCUT2D eigenvalue weighted by Gasteiger charge is 2.22. The number of rotatable bonds is 9. The molecule has 1 heterocycles. The van der Waals surface area contributed by atoms with Gasteiger partial charge in [0.15, 0.2) is 0 Å². The molecule has 0 aliphatic carbocycles. The molecule has 114 valence electrons. The van der Waals surface area contributed by atoms with Gasteiger partial charge in [-0.15, -0.1) is 0 Å². The van der Waals surface area contributed by atoms with Crippen molar-refractivity contribution in [3.63, 3.8) is 0 Å². The van der Waals surface area contributed by atoms with E-state index in [1.807, 2.05) is 0 Å². The van der Waals surface area contributed by atoms with E-state index in [9.17, 15) is 0 Å². The Hall–Kier alpha value is -0.0800. The van der Waals surface area contributed by atoms with Crippen molar-refractivity contribution in [3.05, 3.63) is 0 Å². The van der Waals surface area contributed by atoms with Gasteiger partial charge >= 0.3 is 0 Å². The van der Waals surface area contributed by atoms with Crippen molar-refractivity contribution in [2.24, 2.45) is 11.8 Å². The largest absolute Gasteiger partial charge is 0.314 e. The minimum atomic E-state index is 0.711. The topological polar surface area (TPSA) is 15.3 Å². The van der Waals surface area contributed by atoms with Crippen LogP contribution in [0.15, 0.2) is 0 Å². The van der Waals surface area contributed by atoms with Crippen LogP contribution in [0.4, 0.5) is 0 Å². The lowest BCUT2D eigenvalue weighted by Gasteiger charge is -2.35. The molecule has 19 heavy (non-hydrogen) atoms. The van der Waals surface area contributed by atoms with Crippen LogP contribution in [0.3, 0.4) is 0 Å². The fraction of sp³-hybridized carbons (Fsp3) is 1.00. The average molecular weight is 268 g/mol. The second-order valence-corrected chi connectivity index (χ2v) is 6.81. The molecule has 0 aromatic rings. The maximum atomic E-state index is 3.75.